The van der Waals surface area contributed by atoms with Crippen molar-refractivity contribution in [2.75, 3.05) is 26.3 Å². The molecule has 5 N–H and O–H groups in total. The second-order valence-electron chi connectivity index (χ2n) is 7.71. The lowest BCUT2D eigenvalue weighted by Gasteiger charge is -2.24. The van der Waals surface area contributed by atoms with Crippen LogP contribution >= 0.6 is 0 Å². The highest BCUT2D eigenvalue weighted by Gasteiger charge is 2.29. The van der Waals surface area contributed by atoms with Gasteiger partial charge in [0.05, 0.1) is 12.2 Å². The molecule has 1 aliphatic heterocycles. The van der Waals surface area contributed by atoms with Gasteiger partial charge in [-0.2, -0.15) is 13.2 Å². The van der Waals surface area contributed by atoms with Crippen molar-refractivity contribution in [2.45, 2.75) is 57.7 Å². The molecule has 192 valence electrons. The number of unbranched alkanes of at least 4 members (excludes halogenated alkanes) is 1. The van der Waals surface area contributed by atoms with E-state index in [1.165, 1.54) is 18.2 Å². The van der Waals surface area contributed by atoms with E-state index in [0.717, 1.165) is 32.7 Å². The van der Waals surface area contributed by atoms with E-state index in [1.807, 2.05) is 0 Å². The molecule has 1 aromatic rings. The van der Waals surface area contributed by atoms with Gasteiger partial charge < -0.3 is 30.9 Å². The summed E-state index contributed by atoms with van der Waals surface area (Å²) in [6.07, 6.45) is -0.0722. The Hall–Kier alpha value is -3.02. The fraction of sp³-hybridized carbons (Fsp3) is 0.591. The number of alkyl halides is 3. The number of halogens is 3. The van der Waals surface area contributed by atoms with Crippen LogP contribution in [0.4, 0.5) is 13.2 Å². The van der Waals surface area contributed by atoms with Crippen LogP contribution in [0.25, 0.3) is 0 Å². The minimum Gasteiger partial charge on any atom is -0.494 e. The summed E-state index contributed by atoms with van der Waals surface area (Å²) in [4.78, 5) is 32.4. The van der Waals surface area contributed by atoms with Crippen LogP contribution in [-0.4, -0.2) is 61.4 Å². The summed E-state index contributed by atoms with van der Waals surface area (Å²) in [6.45, 7) is 1.11. The summed E-state index contributed by atoms with van der Waals surface area (Å²) in [6, 6.07) is 4.23. The van der Waals surface area contributed by atoms with Gasteiger partial charge in [-0.1, -0.05) is 6.42 Å². The molecule has 2 amide bonds. The molecule has 0 saturated carbocycles. The number of rotatable bonds is 11. The van der Waals surface area contributed by atoms with Crippen molar-refractivity contribution in [3.63, 3.8) is 0 Å². The van der Waals surface area contributed by atoms with Crippen LogP contribution in [0.1, 0.15) is 55.8 Å². The molecule has 1 unspecified atom stereocenters. The Morgan fingerprint density at radius 3 is 2.50 bits per heavy atom. The van der Waals surface area contributed by atoms with Gasteiger partial charge in [-0.25, -0.2) is 0 Å². The number of nitrogens with one attached hydrogen (secondary N) is 2. The third-order valence-electron chi connectivity index (χ3n) is 4.59. The number of primary amides is 1. The van der Waals surface area contributed by atoms with Crippen molar-refractivity contribution in [1.82, 2.24) is 10.6 Å². The standard InChI is InChI=1S/C20H28F3N3O4.C2H4O2/c21-20(22,23)13-30-17-8-7-15(29-10-4-2-6-18(24)27)11-16(17)19(28)26-12-14-5-1-3-9-25-14;1-2(3)4/h7-8,11,14,25H,1-6,9-10,12-13H2,(H2,24,27)(H,26,28);1H3,(H,3,4). The topological polar surface area (TPSA) is 140 Å². The number of carbonyl (C=O) groups is 3. The zero-order valence-corrected chi connectivity index (χ0v) is 19.1. The molecule has 9 nitrogen and oxygen atoms in total. The van der Waals surface area contributed by atoms with Crippen molar-refractivity contribution >= 4 is 17.8 Å². The maximum Gasteiger partial charge on any atom is 0.422 e. The molecule has 12 heteroatoms. The highest BCUT2D eigenvalue weighted by atomic mass is 19.4. The molecule has 0 spiro atoms. The van der Waals surface area contributed by atoms with Crippen molar-refractivity contribution in [1.29, 1.82) is 0 Å². The number of carbonyl (C=O) groups excluding carboxylic acids is 2. The summed E-state index contributed by atoms with van der Waals surface area (Å²) in [7, 11) is 0. The quantitative estimate of drug-likeness (QED) is 0.349. The molecule has 1 aromatic carbocycles. The maximum absolute atomic E-state index is 12.6. The van der Waals surface area contributed by atoms with Crippen molar-refractivity contribution < 1.29 is 42.1 Å². The van der Waals surface area contributed by atoms with Crippen LogP contribution in [0, 0.1) is 0 Å². The summed E-state index contributed by atoms with van der Waals surface area (Å²) in [5.74, 6) is -1.59. The lowest BCUT2D eigenvalue weighted by Crippen LogP contribution is -2.43. The van der Waals surface area contributed by atoms with Gasteiger partial charge in [-0.05, 0) is 50.4 Å². The summed E-state index contributed by atoms with van der Waals surface area (Å²) in [5, 5.41) is 13.5. The number of ether oxygens (including phenoxy) is 2. The van der Waals surface area contributed by atoms with E-state index in [1.54, 1.807) is 0 Å². The Kier molecular flexibility index (Phi) is 12.8. The number of nitrogens with two attached hydrogens (primary N) is 1. The molecule has 0 bridgehead atoms. The van der Waals surface area contributed by atoms with Gasteiger partial charge in [-0.15, -0.1) is 0 Å². The zero-order chi connectivity index (χ0) is 25.6. The minimum absolute atomic E-state index is 0.0234. The average Bonchev–Trinajstić information content (AvgIpc) is 2.75. The molecule has 0 aliphatic carbocycles. The lowest BCUT2D eigenvalue weighted by atomic mass is 10.0. The largest absolute Gasteiger partial charge is 0.494 e. The fourth-order valence-corrected chi connectivity index (χ4v) is 3.06. The number of amides is 2. The van der Waals surface area contributed by atoms with Crippen LogP contribution < -0.4 is 25.8 Å². The monoisotopic (exact) mass is 491 g/mol. The second kappa shape index (κ2) is 15.0. The van der Waals surface area contributed by atoms with Gasteiger partial charge in [0.1, 0.15) is 11.5 Å². The van der Waals surface area contributed by atoms with E-state index in [2.05, 4.69) is 10.6 Å². The van der Waals surface area contributed by atoms with Crippen LogP contribution in [-0.2, 0) is 9.59 Å². The Bertz CT molecular complexity index is 795. The number of aliphatic carboxylic acids is 1. The second-order valence-corrected chi connectivity index (χ2v) is 7.71. The molecule has 1 fully saturated rings. The molecule has 34 heavy (non-hydrogen) atoms. The van der Waals surface area contributed by atoms with Gasteiger partial charge in [0.15, 0.2) is 6.61 Å². The first kappa shape index (κ1) is 29.0. The predicted molar refractivity (Wildman–Crippen MR) is 118 cm³/mol. The fourth-order valence-electron chi connectivity index (χ4n) is 3.06. The molecular weight excluding hydrogens is 459 g/mol. The Balaban J connectivity index is 0.00000133. The average molecular weight is 492 g/mol. The van der Waals surface area contributed by atoms with Crippen molar-refractivity contribution in [3.05, 3.63) is 23.8 Å². The van der Waals surface area contributed by atoms with E-state index in [0.29, 0.717) is 25.1 Å². The van der Waals surface area contributed by atoms with Gasteiger partial charge in [-0.3, -0.25) is 14.4 Å². The van der Waals surface area contributed by atoms with Crippen LogP contribution in [0.3, 0.4) is 0 Å². The smallest absolute Gasteiger partial charge is 0.422 e. The molecule has 0 radical (unpaired) electrons. The minimum atomic E-state index is -4.52. The van der Waals surface area contributed by atoms with E-state index >= 15 is 0 Å². The number of carboxylic acid groups (broad SMARTS) is 1. The first-order valence-electron chi connectivity index (χ1n) is 10.9. The third-order valence-corrected chi connectivity index (χ3v) is 4.59. The van der Waals surface area contributed by atoms with Gasteiger partial charge in [0, 0.05) is 25.9 Å². The van der Waals surface area contributed by atoms with Crippen molar-refractivity contribution in [2.24, 2.45) is 5.73 Å². The Morgan fingerprint density at radius 2 is 1.91 bits per heavy atom. The number of piperidine rings is 1. The number of carboxylic acids is 1. The number of hydrogen-bond acceptors (Lipinski definition) is 6. The van der Waals surface area contributed by atoms with Crippen LogP contribution in [0.15, 0.2) is 18.2 Å². The highest BCUT2D eigenvalue weighted by molar-refractivity contribution is 5.97. The van der Waals surface area contributed by atoms with E-state index in [4.69, 9.17) is 25.1 Å². The third kappa shape index (κ3) is 13.5. The van der Waals surface area contributed by atoms with Gasteiger partial charge >= 0.3 is 6.18 Å². The number of benzene rings is 1. The first-order valence-corrected chi connectivity index (χ1v) is 10.9. The molecule has 1 atom stereocenters. The van der Waals surface area contributed by atoms with Crippen LogP contribution in [0.2, 0.25) is 0 Å². The maximum atomic E-state index is 12.6. The molecule has 1 aliphatic rings. The van der Waals surface area contributed by atoms with Crippen molar-refractivity contribution in [3.8, 4) is 11.5 Å². The molecular formula is C22H32F3N3O6. The van der Waals surface area contributed by atoms with Crippen LogP contribution in [0.5, 0.6) is 11.5 Å². The molecule has 1 heterocycles. The first-order chi connectivity index (χ1) is 16.0. The van der Waals surface area contributed by atoms with Gasteiger partial charge in [0.25, 0.3) is 11.9 Å². The number of hydrogen-bond donors (Lipinski definition) is 4. The molecule has 2 rings (SSSR count). The Labute approximate surface area is 196 Å². The van der Waals surface area contributed by atoms with Gasteiger partial charge in [0.2, 0.25) is 5.91 Å². The molecule has 1 saturated heterocycles. The molecule has 0 aromatic heterocycles. The highest BCUT2D eigenvalue weighted by Crippen LogP contribution is 2.27. The zero-order valence-electron chi connectivity index (χ0n) is 19.1. The summed E-state index contributed by atoms with van der Waals surface area (Å²) < 4.78 is 48.0. The van der Waals surface area contributed by atoms with E-state index < -0.39 is 30.6 Å². The van der Waals surface area contributed by atoms with E-state index in [-0.39, 0.29) is 30.4 Å². The SMILES string of the molecule is CC(=O)O.NC(=O)CCCCOc1ccc(OCC(F)(F)F)c(C(=O)NCC2CCCCN2)c1. The normalized spacial score (nSPS) is 15.5. The summed E-state index contributed by atoms with van der Waals surface area (Å²) in [5.41, 5.74) is 5.05. The Morgan fingerprint density at radius 1 is 1.21 bits per heavy atom. The summed E-state index contributed by atoms with van der Waals surface area (Å²) >= 11 is 0. The van der Waals surface area contributed by atoms with E-state index in [9.17, 15) is 22.8 Å². The lowest BCUT2D eigenvalue weighted by molar-refractivity contribution is -0.153. The predicted octanol–water partition coefficient (Wildman–Crippen LogP) is 2.62.